The highest BCUT2D eigenvalue weighted by Crippen LogP contribution is 2.41. The summed E-state index contributed by atoms with van der Waals surface area (Å²) in [6.45, 7) is 2.78. The summed E-state index contributed by atoms with van der Waals surface area (Å²) in [5.41, 5.74) is 0.0699. The molecule has 0 radical (unpaired) electrons. The van der Waals surface area contributed by atoms with Crippen LogP contribution in [-0.2, 0) is 11.0 Å². The predicted molar refractivity (Wildman–Crippen MR) is 103 cm³/mol. The van der Waals surface area contributed by atoms with Crippen LogP contribution in [0.1, 0.15) is 42.5 Å². The van der Waals surface area contributed by atoms with Gasteiger partial charge in [0.15, 0.2) is 0 Å². The molecule has 3 rings (SSSR count). The van der Waals surface area contributed by atoms with Gasteiger partial charge in [-0.15, -0.1) is 0 Å². The molecule has 1 aliphatic heterocycles. The molecular formula is C21H21ClF3NO3. The predicted octanol–water partition coefficient (Wildman–Crippen LogP) is 5.40. The first-order valence-corrected chi connectivity index (χ1v) is 9.68. The van der Waals surface area contributed by atoms with E-state index in [1.165, 1.54) is 6.07 Å². The highest BCUT2D eigenvalue weighted by atomic mass is 35.5. The van der Waals surface area contributed by atoms with Crippen LogP contribution in [0.4, 0.5) is 13.2 Å². The molecule has 2 unspecified atom stereocenters. The Hall–Kier alpha value is -2.25. The Morgan fingerprint density at radius 2 is 1.97 bits per heavy atom. The lowest BCUT2D eigenvalue weighted by molar-refractivity contribution is -0.143. The Balaban J connectivity index is 2.12. The number of carbonyl (C=O) groups is 1. The highest BCUT2D eigenvalue weighted by molar-refractivity contribution is 6.31. The van der Waals surface area contributed by atoms with E-state index in [1.54, 1.807) is 29.2 Å². The third-order valence-corrected chi connectivity index (χ3v) is 5.38. The van der Waals surface area contributed by atoms with Crippen LogP contribution in [0.5, 0.6) is 5.75 Å². The van der Waals surface area contributed by atoms with E-state index in [0.29, 0.717) is 37.3 Å². The van der Waals surface area contributed by atoms with Crippen LogP contribution in [0.15, 0.2) is 42.5 Å². The second-order valence-corrected chi connectivity index (χ2v) is 7.28. The van der Waals surface area contributed by atoms with Gasteiger partial charge in [0.25, 0.3) is 0 Å². The Bertz CT molecular complexity index is 870. The van der Waals surface area contributed by atoms with E-state index in [4.69, 9.17) is 16.3 Å². The van der Waals surface area contributed by atoms with E-state index in [1.807, 2.05) is 6.92 Å². The summed E-state index contributed by atoms with van der Waals surface area (Å²) in [6.07, 6.45) is -3.46. The van der Waals surface area contributed by atoms with Gasteiger partial charge in [-0.2, -0.15) is 13.2 Å². The van der Waals surface area contributed by atoms with E-state index in [2.05, 4.69) is 0 Å². The molecule has 1 saturated heterocycles. The van der Waals surface area contributed by atoms with E-state index in [9.17, 15) is 23.1 Å². The second kappa shape index (κ2) is 8.63. The first-order chi connectivity index (χ1) is 13.7. The van der Waals surface area contributed by atoms with Crippen LogP contribution in [0.3, 0.4) is 0 Å². The molecule has 1 aliphatic rings. The van der Waals surface area contributed by atoms with Crippen molar-refractivity contribution >= 4 is 17.6 Å². The van der Waals surface area contributed by atoms with Crippen LogP contribution in [0, 0.1) is 0 Å². The maximum atomic E-state index is 13.3. The highest BCUT2D eigenvalue weighted by Gasteiger charge is 2.39. The third kappa shape index (κ3) is 4.67. The smallest absolute Gasteiger partial charge is 0.416 e. The molecule has 1 fully saturated rings. The average Bonchev–Trinajstić information content (AvgIpc) is 3.14. The first-order valence-electron chi connectivity index (χ1n) is 9.30. The van der Waals surface area contributed by atoms with E-state index in [0.717, 1.165) is 12.1 Å². The zero-order chi connectivity index (χ0) is 21.2. The van der Waals surface area contributed by atoms with Crippen LogP contribution in [-0.4, -0.2) is 35.2 Å². The molecule has 2 aromatic rings. The summed E-state index contributed by atoms with van der Waals surface area (Å²) in [7, 11) is 0. The van der Waals surface area contributed by atoms with Gasteiger partial charge < -0.3 is 9.84 Å². The topological polar surface area (TPSA) is 49.8 Å². The normalized spacial score (nSPS) is 18.6. The number of hydrogen-bond donors (Lipinski definition) is 1. The Kier molecular flexibility index (Phi) is 6.39. The van der Waals surface area contributed by atoms with Crippen molar-refractivity contribution in [2.24, 2.45) is 0 Å². The van der Waals surface area contributed by atoms with Crippen molar-refractivity contribution in [2.45, 2.75) is 38.0 Å². The standard InChI is InChI=1S/C21H21ClF3NO3/c1-2-29-15-8-5-13(6-9-15)19(26-11-3-4-18(26)20(27)28)16-12-14(21(23,24)25)7-10-17(16)22/h5-10,12,18-19H,2-4,11H2,1H3,(H,27,28). The van der Waals surface area contributed by atoms with Crippen molar-refractivity contribution in [3.8, 4) is 5.75 Å². The van der Waals surface area contributed by atoms with Gasteiger partial charge in [-0.25, -0.2) is 0 Å². The van der Waals surface area contributed by atoms with E-state index in [-0.39, 0.29) is 10.6 Å². The second-order valence-electron chi connectivity index (χ2n) is 6.87. The summed E-state index contributed by atoms with van der Waals surface area (Å²) < 4.78 is 45.4. The van der Waals surface area contributed by atoms with Crippen molar-refractivity contribution in [2.75, 3.05) is 13.2 Å². The number of alkyl halides is 3. The van der Waals surface area contributed by atoms with Gasteiger partial charge in [-0.05, 0) is 61.2 Å². The number of rotatable bonds is 6. The fourth-order valence-corrected chi connectivity index (χ4v) is 3.98. The van der Waals surface area contributed by atoms with Crippen LogP contribution in [0.25, 0.3) is 0 Å². The lowest BCUT2D eigenvalue weighted by Gasteiger charge is -2.33. The number of ether oxygens (including phenoxy) is 1. The molecule has 4 nitrogen and oxygen atoms in total. The van der Waals surface area contributed by atoms with Crippen LogP contribution >= 0.6 is 11.6 Å². The Morgan fingerprint density at radius 3 is 2.55 bits per heavy atom. The number of benzene rings is 2. The molecule has 0 spiro atoms. The van der Waals surface area contributed by atoms with Gasteiger partial charge in [0.1, 0.15) is 11.8 Å². The largest absolute Gasteiger partial charge is 0.494 e. The van der Waals surface area contributed by atoms with E-state index >= 15 is 0 Å². The molecule has 2 atom stereocenters. The number of halogens is 4. The van der Waals surface area contributed by atoms with Crippen molar-refractivity contribution in [3.63, 3.8) is 0 Å². The first kappa shape index (κ1) is 21.5. The van der Waals surface area contributed by atoms with Gasteiger partial charge in [0, 0.05) is 11.6 Å². The Morgan fingerprint density at radius 1 is 1.28 bits per heavy atom. The maximum absolute atomic E-state index is 13.3. The summed E-state index contributed by atoms with van der Waals surface area (Å²) >= 11 is 6.31. The van der Waals surface area contributed by atoms with E-state index < -0.39 is 29.8 Å². The summed E-state index contributed by atoms with van der Waals surface area (Å²) in [5.74, 6) is -0.372. The molecule has 0 bridgehead atoms. The van der Waals surface area contributed by atoms with Crippen LogP contribution < -0.4 is 4.74 Å². The van der Waals surface area contributed by atoms with Gasteiger partial charge >= 0.3 is 12.1 Å². The molecule has 0 saturated carbocycles. The van der Waals surface area contributed by atoms with Gasteiger partial charge in [0.2, 0.25) is 0 Å². The number of carboxylic acids is 1. The summed E-state index contributed by atoms with van der Waals surface area (Å²) in [6, 6.07) is 8.57. The lowest BCUT2D eigenvalue weighted by atomic mass is 9.94. The molecule has 1 heterocycles. The third-order valence-electron chi connectivity index (χ3n) is 5.04. The van der Waals surface area contributed by atoms with Gasteiger partial charge in [0.05, 0.1) is 18.2 Å². The molecular weight excluding hydrogens is 407 g/mol. The number of likely N-dealkylation sites (tertiary alicyclic amines) is 1. The molecule has 1 N–H and O–H groups in total. The van der Waals surface area contributed by atoms with Gasteiger partial charge in [-0.3, -0.25) is 9.69 Å². The molecule has 0 aliphatic carbocycles. The Labute approximate surface area is 171 Å². The molecule has 156 valence electrons. The molecule has 8 heteroatoms. The monoisotopic (exact) mass is 427 g/mol. The number of aliphatic carboxylic acids is 1. The number of hydrogen-bond acceptors (Lipinski definition) is 3. The fourth-order valence-electron chi connectivity index (χ4n) is 3.76. The molecule has 2 aromatic carbocycles. The molecule has 29 heavy (non-hydrogen) atoms. The van der Waals surface area contributed by atoms with Crippen LogP contribution in [0.2, 0.25) is 5.02 Å². The SMILES string of the molecule is CCOc1ccc(C(c2cc(C(F)(F)F)ccc2Cl)N2CCCC2C(=O)O)cc1. The minimum Gasteiger partial charge on any atom is -0.494 e. The molecule has 0 aromatic heterocycles. The minimum atomic E-state index is -4.53. The minimum absolute atomic E-state index is 0.160. The van der Waals surface area contributed by atoms with Crippen molar-refractivity contribution in [1.29, 1.82) is 0 Å². The van der Waals surface area contributed by atoms with Gasteiger partial charge in [-0.1, -0.05) is 23.7 Å². The zero-order valence-electron chi connectivity index (χ0n) is 15.7. The molecule has 0 amide bonds. The quantitative estimate of drug-likeness (QED) is 0.671. The van der Waals surface area contributed by atoms with Crippen molar-refractivity contribution < 1.29 is 27.8 Å². The van der Waals surface area contributed by atoms with Crippen molar-refractivity contribution in [1.82, 2.24) is 4.90 Å². The number of nitrogens with zero attached hydrogens (tertiary/aromatic N) is 1. The maximum Gasteiger partial charge on any atom is 0.416 e. The van der Waals surface area contributed by atoms with Crippen molar-refractivity contribution in [3.05, 3.63) is 64.2 Å². The fraction of sp³-hybridized carbons (Fsp3) is 0.381. The average molecular weight is 428 g/mol. The lowest BCUT2D eigenvalue weighted by Crippen LogP contribution is -2.39. The number of carboxylic acid groups (broad SMARTS) is 1. The summed E-state index contributed by atoms with van der Waals surface area (Å²) in [5, 5.41) is 9.78. The summed E-state index contributed by atoms with van der Waals surface area (Å²) in [4.78, 5) is 13.5. The zero-order valence-corrected chi connectivity index (χ0v) is 16.5.